The minimum Gasteiger partial charge on any atom is -0.325 e. The van der Waals surface area contributed by atoms with Crippen molar-refractivity contribution in [1.82, 2.24) is 9.97 Å². The zero-order chi connectivity index (χ0) is 21.1. The number of aromatic amines is 1. The average Bonchev–Trinajstić information content (AvgIpc) is 2.73. The summed E-state index contributed by atoms with van der Waals surface area (Å²) in [5, 5.41) is 5.85. The molecule has 2 aromatic carbocycles. The van der Waals surface area contributed by atoms with E-state index in [2.05, 4.69) is 20.6 Å². The number of nitrogens with one attached hydrogen (secondary N) is 3. The summed E-state index contributed by atoms with van der Waals surface area (Å²) >= 11 is 1.36. The van der Waals surface area contributed by atoms with Crippen LogP contribution in [0.25, 0.3) is 0 Å². The molecule has 0 saturated heterocycles. The molecular weight excluding hydrogens is 400 g/mol. The summed E-state index contributed by atoms with van der Waals surface area (Å²) in [5.41, 5.74) is 2.40. The average molecular weight is 420 g/mol. The van der Waals surface area contributed by atoms with E-state index >= 15 is 0 Å². The summed E-state index contributed by atoms with van der Waals surface area (Å²) in [5.74, 6) is -0.886. The molecule has 0 bridgehead atoms. The van der Waals surface area contributed by atoms with Gasteiger partial charge >= 0.3 is 0 Å². The van der Waals surface area contributed by atoms with Gasteiger partial charge in [0.1, 0.15) is 5.82 Å². The van der Waals surface area contributed by atoms with Gasteiger partial charge in [-0.2, -0.15) is 0 Å². The lowest BCUT2D eigenvalue weighted by Gasteiger charge is -2.23. The van der Waals surface area contributed by atoms with Crippen LogP contribution in [0.5, 0.6) is 0 Å². The van der Waals surface area contributed by atoms with Crippen molar-refractivity contribution in [2.24, 2.45) is 0 Å². The Labute approximate surface area is 177 Å². The number of hydrogen-bond acceptors (Lipinski definition) is 5. The Balaban J connectivity index is 1.59. The highest BCUT2D eigenvalue weighted by molar-refractivity contribution is 7.98. The summed E-state index contributed by atoms with van der Waals surface area (Å²) in [6.45, 7) is 1.88. The number of rotatable bonds is 5. The fourth-order valence-corrected chi connectivity index (χ4v) is 4.12. The molecule has 1 aliphatic heterocycles. The van der Waals surface area contributed by atoms with Crippen LogP contribution in [0.3, 0.4) is 0 Å². The molecular formula is C22H20N4O3S. The second kappa shape index (κ2) is 8.54. The molecule has 1 aromatic heterocycles. The summed E-state index contributed by atoms with van der Waals surface area (Å²) in [7, 11) is 0. The molecule has 7 nitrogen and oxygen atoms in total. The van der Waals surface area contributed by atoms with Crippen LogP contribution in [0.2, 0.25) is 0 Å². The van der Waals surface area contributed by atoms with Crippen LogP contribution in [0.15, 0.2) is 64.5 Å². The number of nitrogens with zero attached hydrogens (tertiary/aromatic N) is 1. The zero-order valence-corrected chi connectivity index (χ0v) is 17.1. The molecule has 0 radical (unpaired) electrons. The van der Waals surface area contributed by atoms with Gasteiger partial charge < -0.3 is 15.6 Å². The lowest BCUT2D eigenvalue weighted by Crippen LogP contribution is -2.36. The van der Waals surface area contributed by atoms with Gasteiger partial charge in [-0.15, -0.1) is 0 Å². The van der Waals surface area contributed by atoms with Crippen molar-refractivity contribution in [3.63, 3.8) is 0 Å². The number of para-hydroxylation sites is 1. The molecule has 0 aliphatic carbocycles. The molecule has 0 fully saturated rings. The monoisotopic (exact) mass is 420 g/mol. The molecule has 30 heavy (non-hydrogen) atoms. The fourth-order valence-electron chi connectivity index (χ4n) is 3.30. The molecule has 8 heteroatoms. The van der Waals surface area contributed by atoms with Gasteiger partial charge in [0.25, 0.3) is 5.56 Å². The third-order valence-corrected chi connectivity index (χ3v) is 5.81. The maximum Gasteiger partial charge on any atom is 0.257 e. The Morgan fingerprint density at radius 3 is 2.63 bits per heavy atom. The van der Waals surface area contributed by atoms with E-state index in [1.165, 1.54) is 11.8 Å². The molecule has 1 atom stereocenters. The number of benzene rings is 2. The van der Waals surface area contributed by atoms with Crippen molar-refractivity contribution < 1.29 is 9.59 Å². The summed E-state index contributed by atoms with van der Waals surface area (Å²) in [6, 6.07) is 17.1. The fraction of sp³-hybridized carbons (Fsp3) is 0.182. The van der Waals surface area contributed by atoms with E-state index in [4.69, 9.17) is 0 Å². The van der Waals surface area contributed by atoms with Crippen molar-refractivity contribution in [1.29, 1.82) is 0 Å². The zero-order valence-electron chi connectivity index (χ0n) is 16.3. The SMILES string of the molecule is Cc1ccccc1NC(=O)C1CC(=O)Nc2nc(SCc3ccccc3)[nH]c(=O)c21. The largest absolute Gasteiger partial charge is 0.325 e. The molecule has 0 spiro atoms. The highest BCUT2D eigenvalue weighted by atomic mass is 32.2. The van der Waals surface area contributed by atoms with Crippen LogP contribution >= 0.6 is 11.8 Å². The van der Waals surface area contributed by atoms with Crippen LogP contribution in [-0.2, 0) is 15.3 Å². The molecule has 1 unspecified atom stereocenters. The van der Waals surface area contributed by atoms with E-state index in [1.807, 2.05) is 55.5 Å². The highest BCUT2D eigenvalue weighted by Crippen LogP contribution is 2.31. The summed E-state index contributed by atoms with van der Waals surface area (Å²) < 4.78 is 0. The number of aryl methyl sites for hydroxylation is 1. The predicted octanol–water partition coefficient (Wildman–Crippen LogP) is 3.44. The van der Waals surface area contributed by atoms with Gasteiger partial charge in [-0.3, -0.25) is 14.4 Å². The maximum atomic E-state index is 12.9. The molecule has 3 aromatic rings. The number of H-pyrrole nitrogens is 1. The van der Waals surface area contributed by atoms with E-state index in [0.717, 1.165) is 11.1 Å². The maximum absolute atomic E-state index is 12.9. The van der Waals surface area contributed by atoms with E-state index < -0.39 is 17.4 Å². The van der Waals surface area contributed by atoms with Crippen molar-refractivity contribution in [3.8, 4) is 0 Å². The van der Waals surface area contributed by atoms with Gasteiger partial charge in [-0.1, -0.05) is 60.3 Å². The van der Waals surface area contributed by atoms with Crippen molar-refractivity contribution >= 4 is 35.1 Å². The highest BCUT2D eigenvalue weighted by Gasteiger charge is 2.34. The van der Waals surface area contributed by atoms with E-state index in [0.29, 0.717) is 16.6 Å². The van der Waals surface area contributed by atoms with Gasteiger partial charge in [-0.25, -0.2) is 4.98 Å². The molecule has 2 amide bonds. The first-order valence-electron chi connectivity index (χ1n) is 9.48. The van der Waals surface area contributed by atoms with Crippen LogP contribution in [-0.4, -0.2) is 21.8 Å². The van der Waals surface area contributed by atoms with Gasteiger partial charge in [0.2, 0.25) is 11.8 Å². The second-order valence-electron chi connectivity index (χ2n) is 7.02. The minimum atomic E-state index is -0.905. The Morgan fingerprint density at radius 2 is 1.87 bits per heavy atom. The standard InChI is InChI=1S/C22H20N4O3S/c1-13-7-5-6-10-16(13)23-20(28)15-11-17(27)24-19-18(15)21(29)26-22(25-19)30-12-14-8-3-2-4-9-14/h2-10,15H,11-12H2,1H3,(H,23,28)(H2,24,25,26,27,29). The number of fused-ring (bicyclic) bond motifs is 1. The molecule has 3 N–H and O–H groups in total. The van der Waals surface area contributed by atoms with Gasteiger partial charge in [0.05, 0.1) is 11.5 Å². The third-order valence-electron chi connectivity index (χ3n) is 4.87. The van der Waals surface area contributed by atoms with Gasteiger partial charge in [0, 0.05) is 17.9 Å². The predicted molar refractivity (Wildman–Crippen MR) is 117 cm³/mol. The summed E-state index contributed by atoms with van der Waals surface area (Å²) in [6.07, 6.45) is -0.105. The van der Waals surface area contributed by atoms with E-state index in [-0.39, 0.29) is 23.7 Å². The minimum absolute atomic E-state index is 0.105. The quantitative estimate of drug-likeness (QED) is 0.433. The number of thioether (sulfide) groups is 1. The molecule has 2 heterocycles. The first kappa shape index (κ1) is 19.9. The number of hydrogen-bond donors (Lipinski definition) is 3. The number of amides is 2. The first-order valence-corrected chi connectivity index (χ1v) is 10.5. The Morgan fingerprint density at radius 1 is 1.13 bits per heavy atom. The van der Waals surface area contributed by atoms with Crippen LogP contribution in [0.4, 0.5) is 11.5 Å². The smallest absolute Gasteiger partial charge is 0.257 e. The lowest BCUT2D eigenvalue weighted by atomic mass is 9.92. The summed E-state index contributed by atoms with van der Waals surface area (Å²) in [4.78, 5) is 45.0. The van der Waals surface area contributed by atoms with Crippen molar-refractivity contribution in [2.75, 3.05) is 10.6 Å². The Bertz CT molecular complexity index is 1160. The van der Waals surface area contributed by atoms with E-state index in [1.54, 1.807) is 6.07 Å². The van der Waals surface area contributed by atoms with Crippen LogP contribution < -0.4 is 16.2 Å². The number of carbonyl (C=O) groups is 2. The molecule has 4 rings (SSSR count). The third kappa shape index (κ3) is 4.28. The van der Waals surface area contributed by atoms with Crippen molar-refractivity contribution in [3.05, 3.63) is 81.6 Å². The molecule has 0 saturated carbocycles. The topological polar surface area (TPSA) is 104 Å². The number of aromatic nitrogens is 2. The number of carbonyl (C=O) groups excluding carboxylic acids is 2. The van der Waals surface area contributed by atoms with Crippen molar-refractivity contribution in [2.45, 2.75) is 30.2 Å². The second-order valence-corrected chi connectivity index (χ2v) is 7.98. The number of anilines is 2. The van der Waals surface area contributed by atoms with E-state index in [9.17, 15) is 14.4 Å². The first-order chi connectivity index (χ1) is 14.5. The lowest BCUT2D eigenvalue weighted by molar-refractivity contribution is -0.123. The molecule has 1 aliphatic rings. The van der Waals surface area contributed by atoms with Gasteiger partial charge in [0.15, 0.2) is 5.16 Å². The normalized spacial score (nSPS) is 15.2. The van der Waals surface area contributed by atoms with Crippen LogP contribution in [0, 0.1) is 6.92 Å². The van der Waals surface area contributed by atoms with Gasteiger partial charge in [-0.05, 0) is 24.1 Å². The van der Waals surface area contributed by atoms with Crippen LogP contribution in [0.1, 0.15) is 29.0 Å². The Hall–Kier alpha value is -3.39. The molecule has 152 valence electrons. The Kier molecular flexibility index (Phi) is 5.67.